The summed E-state index contributed by atoms with van der Waals surface area (Å²) in [5.74, 6) is -0.565. The average Bonchev–Trinajstić information content (AvgIpc) is 2.75. The zero-order valence-corrected chi connectivity index (χ0v) is 16.6. The van der Waals surface area contributed by atoms with Gasteiger partial charge in [0.25, 0.3) is 5.56 Å². The molecule has 1 aromatic carbocycles. The Morgan fingerprint density at radius 3 is 2.70 bits per heavy atom. The Labute approximate surface area is 172 Å². The lowest BCUT2D eigenvalue weighted by molar-refractivity contribution is -0.123. The van der Waals surface area contributed by atoms with E-state index in [-0.39, 0.29) is 23.7 Å². The maximum Gasteiger partial charge on any atom is 0.258 e. The summed E-state index contributed by atoms with van der Waals surface area (Å²) in [5.41, 5.74) is 0.272. The number of nitrogens with one attached hydrogen (secondary N) is 3. The molecule has 0 saturated carbocycles. The van der Waals surface area contributed by atoms with E-state index in [0.717, 1.165) is 0 Å². The average molecular weight is 413 g/mol. The van der Waals surface area contributed by atoms with Gasteiger partial charge >= 0.3 is 0 Å². The Morgan fingerprint density at radius 2 is 2.00 bits per heavy atom. The lowest BCUT2D eigenvalue weighted by atomic mass is 9.92. The van der Waals surface area contributed by atoms with Crippen molar-refractivity contribution < 1.29 is 19.1 Å². The molecule has 30 heavy (non-hydrogen) atoms. The summed E-state index contributed by atoms with van der Waals surface area (Å²) < 4.78 is 10.7. The highest BCUT2D eigenvalue weighted by molar-refractivity contribution is 6.04. The molecule has 0 radical (unpaired) electrons. The van der Waals surface area contributed by atoms with Gasteiger partial charge in [-0.3, -0.25) is 19.4 Å². The Morgan fingerprint density at radius 1 is 1.27 bits per heavy atom. The molecule has 0 bridgehead atoms. The topological polar surface area (TPSA) is 126 Å². The molecular formula is C20H23N5O5. The Kier molecular flexibility index (Phi) is 5.66. The van der Waals surface area contributed by atoms with Crippen LogP contribution in [0.25, 0.3) is 0 Å². The second-order valence-electron chi connectivity index (χ2n) is 7.00. The number of morpholine rings is 1. The molecule has 3 N–H and O–H groups in total. The summed E-state index contributed by atoms with van der Waals surface area (Å²) in [4.78, 5) is 47.0. The quantitative estimate of drug-likeness (QED) is 0.669. The minimum Gasteiger partial charge on any atom is -0.494 e. The highest BCUT2D eigenvalue weighted by atomic mass is 16.5. The molecule has 2 aliphatic rings. The molecule has 1 saturated heterocycles. The zero-order valence-electron chi connectivity index (χ0n) is 16.6. The second kappa shape index (κ2) is 8.54. The van der Waals surface area contributed by atoms with Gasteiger partial charge in [-0.15, -0.1) is 0 Å². The predicted molar refractivity (Wildman–Crippen MR) is 110 cm³/mol. The van der Waals surface area contributed by atoms with Gasteiger partial charge < -0.3 is 25.0 Å². The number of H-pyrrole nitrogens is 1. The molecule has 158 valence electrons. The first-order chi connectivity index (χ1) is 14.5. The number of carbonyl (C=O) groups excluding carboxylic acids is 2. The van der Waals surface area contributed by atoms with Crippen molar-refractivity contribution in [2.24, 2.45) is 0 Å². The van der Waals surface area contributed by atoms with Crippen molar-refractivity contribution in [1.82, 2.24) is 9.97 Å². The van der Waals surface area contributed by atoms with E-state index in [9.17, 15) is 14.4 Å². The Bertz CT molecular complexity index is 998. The van der Waals surface area contributed by atoms with Crippen LogP contribution in [0.5, 0.6) is 5.75 Å². The normalized spacial score (nSPS) is 18.4. The van der Waals surface area contributed by atoms with Gasteiger partial charge in [0, 0.05) is 25.2 Å². The van der Waals surface area contributed by atoms with E-state index in [0.29, 0.717) is 50.3 Å². The maximum absolute atomic E-state index is 12.9. The van der Waals surface area contributed by atoms with Crippen molar-refractivity contribution in [3.8, 4) is 5.75 Å². The van der Waals surface area contributed by atoms with Crippen molar-refractivity contribution in [3.63, 3.8) is 0 Å². The number of ether oxygens (including phenoxy) is 2. The summed E-state index contributed by atoms with van der Waals surface area (Å²) in [6.45, 7) is 4.65. The number of fused-ring (bicyclic) bond motifs is 1. The molecule has 1 atom stereocenters. The fraction of sp³-hybridized carbons (Fsp3) is 0.400. The number of aromatic nitrogens is 2. The van der Waals surface area contributed by atoms with Crippen molar-refractivity contribution in [1.29, 1.82) is 0 Å². The maximum atomic E-state index is 12.9. The van der Waals surface area contributed by atoms with Crippen LogP contribution in [0.2, 0.25) is 0 Å². The van der Waals surface area contributed by atoms with Crippen LogP contribution in [-0.4, -0.2) is 54.7 Å². The van der Waals surface area contributed by atoms with Gasteiger partial charge in [0.2, 0.25) is 17.8 Å². The first kappa shape index (κ1) is 19.9. The van der Waals surface area contributed by atoms with E-state index >= 15 is 0 Å². The molecule has 3 heterocycles. The predicted octanol–water partition coefficient (Wildman–Crippen LogP) is 1.07. The molecule has 2 aromatic rings. The molecule has 2 aliphatic heterocycles. The SMILES string of the molecule is CCOc1ccc(NC(=O)C2CC(=O)Nc3nc(N4CCOCC4)[nH]c(=O)c32)cc1. The Hall–Kier alpha value is -3.40. The van der Waals surface area contributed by atoms with Gasteiger partial charge in [-0.2, -0.15) is 4.98 Å². The van der Waals surface area contributed by atoms with Crippen molar-refractivity contribution in [2.45, 2.75) is 19.3 Å². The van der Waals surface area contributed by atoms with E-state index in [2.05, 4.69) is 20.6 Å². The number of anilines is 3. The highest BCUT2D eigenvalue weighted by Crippen LogP contribution is 2.30. The van der Waals surface area contributed by atoms with E-state index in [1.165, 1.54) is 0 Å². The first-order valence-corrected chi connectivity index (χ1v) is 9.85. The largest absolute Gasteiger partial charge is 0.494 e. The van der Waals surface area contributed by atoms with Crippen LogP contribution in [-0.2, 0) is 14.3 Å². The fourth-order valence-electron chi connectivity index (χ4n) is 3.54. The van der Waals surface area contributed by atoms with E-state index in [1.54, 1.807) is 24.3 Å². The number of carbonyl (C=O) groups is 2. The van der Waals surface area contributed by atoms with Crippen molar-refractivity contribution in [2.75, 3.05) is 48.4 Å². The summed E-state index contributed by atoms with van der Waals surface area (Å²) in [6, 6.07) is 6.89. The summed E-state index contributed by atoms with van der Waals surface area (Å²) in [7, 11) is 0. The number of aromatic amines is 1. The van der Waals surface area contributed by atoms with Gasteiger partial charge in [0.05, 0.1) is 31.3 Å². The molecule has 1 aromatic heterocycles. The molecule has 0 aliphatic carbocycles. The van der Waals surface area contributed by atoms with Crippen LogP contribution in [0.3, 0.4) is 0 Å². The van der Waals surface area contributed by atoms with Crippen LogP contribution in [0.4, 0.5) is 17.5 Å². The minimum absolute atomic E-state index is 0.127. The second-order valence-corrected chi connectivity index (χ2v) is 7.00. The number of rotatable bonds is 5. The molecule has 2 amide bonds. The number of benzene rings is 1. The first-order valence-electron chi connectivity index (χ1n) is 9.85. The zero-order chi connectivity index (χ0) is 21.1. The third-order valence-electron chi connectivity index (χ3n) is 5.00. The number of hydrogen-bond donors (Lipinski definition) is 3. The van der Waals surface area contributed by atoms with E-state index in [1.807, 2.05) is 11.8 Å². The highest BCUT2D eigenvalue weighted by Gasteiger charge is 2.35. The molecule has 10 heteroatoms. The summed E-state index contributed by atoms with van der Waals surface area (Å²) in [5, 5.41) is 5.39. The molecule has 1 fully saturated rings. The molecule has 10 nitrogen and oxygen atoms in total. The van der Waals surface area contributed by atoms with Crippen LogP contribution in [0, 0.1) is 0 Å². The Balaban J connectivity index is 1.58. The lowest BCUT2D eigenvalue weighted by Gasteiger charge is -2.29. The lowest BCUT2D eigenvalue weighted by Crippen LogP contribution is -2.41. The van der Waals surface area contributed by atoms with Crippen LogP contribution >= 0.6 is 0 Å². The summed E-state index contributed by atoms with van der Waals surface area (Å²) >= 11 is 0. The van der Waals surface area contributed by atoms with Gasteiger partial charge in [-0.25, -0.2) is 0 Å². The van der Waals surface area contributed by atoms with Crippen LogP contribution in [0.15, 0.2) is 29.1 Å². The van der Waals surface area contributed by atoms with Crippen LogP contribution < -0.4 is 25.8 Å². The molecule has 4 rings (SSSR count). The molecular weight excluding hydrogens is 390 g/mol. The smallest absolute Gasteiger partial charge is 0.258 e. The van der Waals surface area contributed by atoms with Gasteiger partial charge in [0.1, 0.15) is 11.6 Å². The van der Waals surface area contributed by atoms with Gasteiger partial charge in [-0.05, 0) is 31.2 Å². The number of nitrogens with zero attached hydrogens (tertiary/aromatic N) is 2. The molecule has 1 unspecified atom stereocenters. The fourth-order valence-corrected chi connectivity index (χ4v) is 3.54. The standard InChI is InChI=1S/C20H23N5O5/c1-2-30-13-5-3-12(4-6-13)21-18(27)14-11-15(26)22-17-16(14)19(28)24-20(23-17)25-7-9-29-10-8-25/h3-6,14H,2,7-11H2,1H3,(H,21,27)(H2,22,23,24,26,28). The number of hydrogen-bond acceptors (Lipinski definition) is 7. The van der Waals surface area contributed by atoms with Crippen molar-refractivity contribution >= 4 is 29.3 Å². The van der Waals surface area contributed by atoms with Gasteiger partial charge in [-0.1, -0.05) is 0 Å². The van der Waals surface area contributed by atoms with E-state index < -0.39 is 17.4 Å². The number of amides is 2. The molecule has 0 spiro atoms. The minimum atomic E-state index is -0.935. The van der Waals surface area contributed by atoms with Gasteiger partial charge in [0.15, 0.2) is 0 Å². The monoisotopic (exact) mass is 413 g/mol. The van der Waals surface area contributed by atoms with Crippen LogP contribution in [0.1, 0.15) is 24.8 Å². The summed E-state index contributed by atoms with van der Waals surface area (Å²) in [6.07, 6.45) is -0.127. The van der Waals surface area contributed by atoms with E-state index in [4.69, 9.17) is 9.47 Å². The third kappa shape index (κ3) is 4.13. The third-order valence-corrected chi connectivity index (χ3v) is 5.00. The van der Waals surface area contributed by atoms with Crippen molar-refractivity contribution in [3.05, 3.63) is 40.2 Å².